The zero-order chi connectivity index (χ0) is 14.4. The smallest absolute Gasteiger partial charge is 0.224 e. The van der Waals surface area contributed by atoms with Crippen LogP contribution >= 0.6 is 0 Å². The van der Waals surface area contributed by atoms with Gasteiger partial charge in [0, 0.05) is 24.7 Å². The number of amides is 1. The zero-order valence-electron chi connectivity index (χ0n) is 12.3. The molecule has 1 aromatic rings. The van der Waals surface area contributed by atoms with E-state index in [0.29, 0.717) is 12.5 Å². The van der Waals surface area contributed by atoms with Crippen molar-refractivity contribution < 1.29 is 4.79 Å². The first kappa shape index (κ1) is 15.0. The van der Waals surface area contributed by atoms with Crippen molar-refractivity contribution in [1.29, 1.82) is 0 Å². The van der Waals surface area contributed by atoms with Crippen molar-refractivity contribution in [2.24, 2.45) is 5.73 Å². The van der Waals surface area contributed by atoms with Crippen LogP contribution in [0.3, 0.4) is 0 Å². The summed E-state index contributed by atoms with van der Waals surface area (Å²) in [4.78, 5) is 14.2. The SMILES string of the molecule is Cc1cccc(NC(=O)CCCN2CCCC(N)C2)c1. The van der Waals surface area contributed by atoms with E-state index in [1.807, 2.05) is 31.2 Å². The molecule has 1 atom stereocenters. The van der Waals surface area contributed by atoms with Crippen molar-refractivity contribution in [2.75, 3.05) is 25.0 Å². The van der Waals surface area contributed by atoms with E-state index < -0.39 is 0 Å². The number of anilines is 1. The molecule has 1 unspecified atom stereocenters. The van der Waals surface area contributed by atoms with E-state index in [4.69, 9.17) is 5.73 Å². The molecule has 1 saturated heterocycles. The molecule has 1 amide bonds. The van der Waals surface area contributed by atoms with Crippen LogP contribution in [0.25, 0.3) is 0 Å². The molecule has 0 aliphatic carbocycles. The molecule has 0 radical (unpaired) electrons. The summed E-state index contributed by atoms with van der Waals surface area (Å²) in [6, 6.07) is 8.20. The predicted molar refractivity (Wildman–Crippen MR) is 82.7 cm³/mol. The maximum atomic E-state index is 11.9. The average molecular weight is 275 g/mol. The Kier molecular flexibility index (Phi) is 5.56. The molecular weight excluding hydrogens is 250 g/mol. The van der Waals surface area contributed by atoms with Gasteiger partial charge in [-0.2, -0.15) is 0 Å². The van der Waals surface area contributed by atoms with Gasteiger partial charge in [0.1, 0.15) is 0 Å². The van der Waals surface area contributed by atoms with Crippen LogP contribution < -0.4 is 11.1 Å². The number of benzene rings is 1. The summed E-state index contributed by atoms with van der Waals surface area (Å²) in [6.45, 7) is 5.08. The van der Waals surface area contributed by atoms with Gasteiger partial charge in [0.15, 0.2) is 0 Å². The Balaban J connectivity index is 1.67. The lowest BCUT2D eigenvalue weighted by molar-refractivity contribution is -0.116. The Morgan fingerprint density at radius 1 is 1.50 bits per heavy atom. The van der Waals surface area contributed by atoms with Crippen LogP contribution in [0.5, 0.6) is 0 Å². The average Bonchev–Trinajstić information content (AvgIpc) is 2.38. The van der Waals surface area contributed by atoms with Gasteiger partial charge in [-0.15, -0.1) is 0 Å². The molecule has 0 saturated carbocycles. The summed E-state index contributed by atoms with van der Waals surface area (Å²) in [5.74, 6) is 0.0944. The number of hydrogen-bond acceptors (Lipinski definition) is 3. The lowest BCUT2D eigenvalue weighted by Crippen LogP contribution is -2.43. The van der Waals surface area contributed by atoms with Crippen molar-refractivity contribution in [2.45, 2.75) is 38.6 Å². The molecular formula is C16H25N3O. The number of likely N-dealkylation sites (tertiary alicyclic amines) is 1. The second-order valence-electron chi connectivity index (χ2n) is 5.72. The van der Waals surface area contributed by atoms with E-state index >= 15 is 0 Å². The highest BCUT2D eigenvalue weighted by molar-refractivity contribution is 5.90. The van der Waals surface area contributed by atoms with E-state index in [9.17, 15) is 4.79 Å². The Morgan fingerprint density at radius 3 is 3.10 bits per heavy atom. The Bertz CT molecular complexity index is 447. The van der Waals surface area contributed by atoms with Gasteiger partial charge in [-0.25, -0.2) is 0 Å². The molecule has 4 nitrogen and oxygen atoms in total. The Labute approximate surface area is 121 Å². The summed E-state index contributed by atoms with van der Waals surface area (Å²) in [6.07, 6.45) is 3.77. The third kappa shape index (κ3) is 4.94. The highest BCUT2D eigenvalue weighted by Crippen LogP contribution is 2.11. The number of nitrogens with zero attached hydrogens (tertiary/aromatic N) is 1. The summed E-state index contributed by atoms with van der Waals surface area (Å²) in [5.41, 5.74) is 7.99. The minimum atomic E-state index is 0.0944. The first-order valence-corrected chi connectivity index (χ1v) is 7.48. The fourth-order valence-corrected chi connectivity index (χ4v) is 2.70. The first-order chi connectivity index (χ1) is 9.63. The molecule has 4 heteroatoms. The van der Waals surface area contributed by atoms with Crippen LogP contribution in [0.15, 0.2) is 24.3 Å². The number of aryl methyl sites for hydroxylation is 1. The highest BCUT2D eigenvalue weighted by atomic mass is 16.1. The third-order valence-electron chi connectivity index (χ3n) is 3.72. The number of hydrogen-bond donors (Lipinski definition) is 2. The van der Waals surface area contributed by atoms with Gasteiger partial charge in [0.05, 0.1) is 0 Å². The van der Waals surface area contributed by atoms with Crippen LogP contribution in [0.2, 0.25) is 0 Å². The minimum absolute atomic E-state index is 0.0944. The van der Waals surface area contributed by atoms with E-state index in [-0.39, 0.29) is 5.91 Å². The van der Waals surface area contributed by atoms with Crippen molar-refractivity contribution in [3.05, 3.63) is 29.8 Å². The number of nitrogens with one attached hydrogen (secondary N) is 1. The number of carbonyl (C=O) groups excluding carboxylic acids is 1. The molecule has 2 rings (SSSR count). The molecule has 1 aromatic carbocycles. The standard InChI is InChI=1S/C16H25N3O/c1-13-5-2-7-15(11-13)18-16(20)8-4-10-19-9-3-6-14(17)12-19/h2,5,7,11,14H,3-4,6,8-10,12,17H2,1H3,(H,18,20). The lowest BCUT2D eigenvalue weighted by Gasteiger charge is -2.30. The van der Waals surface area contributed by atoms with Gasteiger partial charge in [0.2, 0.25) is 5.91 Å². The fourth-order valence-electron chi connectivity index (χ4n) is 2.70. The molecule has 1 aliphatic rings. The van der Waals surface area contributed by atoms with E-state index in [0.717, 1.165) is 43.7 Å². The fraction of sp³-hybridized carbons (Fsp3) is 0.562. The maximum absolute atomic E-state index is 11.9. The van der Waals surface area contributed by atoms with Crippen molar-refractivity contribution in [3.63, 3.8) is 0 Å². The summed E-state index contributed by atoms with van der Waals surface area (Å²) in [5, 5.41) is 2.95. The van der Waals surface area contributed by atoms with Crippen LogP contribution in [0.1, 0.15) is 31.2 Å². The molecule has 20 heavy (non-hydrogen) atoms. The Hall–Kier alpha value is -1.39. The van der Waals surface area contributed by atoms with Gasteiger partial charge in [0.25, 0.3) is 0 Å². The highest BCUT2D eigenvalue weighted by Gasteiger charge is 2.16. The molecule has 110 valence electrons. The molecule has 1 fully saturated rings. The second kappa shape index (κ2) is 7.41. The molecule has 1 heterocycles. The van der Waals surface area contributed by atoms with Crippen LogP contribution in [-0.2, 0) is 4.79 Å². The molecule has 0 aromatic heterocycles. The number of nitrogens with two attached hydrogens (primary N) is 1. The summed E-state index contributed by atoms with van der Waals surface area (Å²) < 4.78 is 0. The topological polar surface area (TPSA) is 58.4 Å². The zero-order valence-corrected chi connectivity index (χ0v) is 12.3. The maximum Gasteiger partial charge on any atom is 0.224 e. The molecule has 3 N–H and O–H groups in total. The number of carbonyl (C=O) groups is 1. The van der Waals surface area contributed by atoms with Gasteiger partial charge in [-0.1, -0.05) is 12.1 Å². The predicted octanol–water partition coefficient (Wildman–Crippen LogP) is 2.14. The normalized spacial score (nSPS) is 19.8. The number of rotatable bonds is 5. The van der Waals surface area contributed by atoms with Crippen molar-refractivity contribution >= 4 is 11.6 Å². The van der Waals surface area contributed by atoms with E-state index in [1.165, 1.54) is 6.42 Å². The molecule has 1 aliphatic heterocycles. The first-order valence-electron chi connectivity index (χ1n) is 7.48. The van der Waals surface area contributed by atoms with Crippen molar-refractivity contribution in [1.82, 2.24) is 4.90 Å². The van der Waals surface area contributed by atoms with Gasteiger partial charge < -0.3 is 16.0 Å². The monoisotopic (exact) mass is 275 g/mol. The van der Waals surface area contributed by atoms with Crippen LogP contribution in [0, 0.1) is 6.92 Å². The largest absolute Gasteiger partial charge is 0.327 e. The van der Waals surface area contributed by atoms with Crippen LogP contribution in [-0.4, -0.2) is 36.5 Å². The number of piperidine rings is 1. The lowest BCUT2D eigenvalue weighted by atomic mass is 10.1. The summed E-state index contributed by atoms with van der Waals surface area (Å²) >= 11 is 0. The summed E-state index contributed by atoms with van der Waals surface area (Å²) in [7, 11) is 0. The van der Waals surface area contributed by atoms with Crippen molar-refractivity contribution in [3.8, 4) is 0 Å². The molecule has 0 bridgehead atoms. The van der Waals surface area contributed by atoms with E-state index in [1.54, 1.807) is 0 Å². The van der Waals surface area contributed by atoms with Crippen LogP contribution in [0.4, 0.5) is 5.69 Å². The Morgan fingerprint density at radius 2 is 2.35 bits per heavy atom. The molecule has 0 spiro atoms. The van der Waals surface area contributed by atoms with E-state index in [2.05, 4.69) is 10.2 Å². The third-order valence-corrected chi connectivity index (χ3v) is 3.72. The minimum Gasteiger partial charge on any atom is -0.327 e. The van der Waals surface area contributed by atoms with Gasteiger partial charge in [-0.3, -0.25) is 4.79 Å². The quantitative estimate of drug-likeness (QED) is 0.865. The second-order valence-corrected chi connectivity index (χ2v) is 5.72. The van der Waals surface area contributed by atoms with Gasteiger partial charge >= 0.3 is 0 Å². The van der Waals surface area contributed by atoms with Gasteiger partial charge in [-0.05, 0) is 57.0 Å².